The lowest BCUT2D eigenvalue weighted by molar-refractivity contribution is -0.0841. The van der Waals surface area contributed by atoms with Gasteiger partial charge in [-0.25, -0.2) is 4.79 Å². The number of hydrogen-bond donors (Lipinski definition) is 1. The molecule has 2 fully saturated rings. The maximum atomic E-state index is 11.4. The Hall–Kier alpha value is -0.850. The SMILES string of the molecule is CCOC(=O)OC1CN(C2CCNCC2)CCN1C. The van der Waals surface area contributed by atoms with Gasteiger partial charge < -0.3 is 14.8 Å². The number of piperazine rings is 1. The van der Waals surface area contributed by atoms with Crippen LogP contribution < -0.4 is 5.32 Å². The number of carbonyl (C=O) groups is 1. The summed E-state index contributed by atoms with van der Waals surface area (Å²) in [4.78, 5) is 16.0. The van der Waals surface area contributed by atoms with Crippen LogP contribution in [0.2, 0.25) is 0 Å². The first-order chi connectivity index (χ1) is 9.20. The summed E-state index contributed by atoms with van der Waals surface area (Å²) in [6, 6.07) is 0.614. The summed E-state index contributed by atoms with van der Waals surface area (Å²) in [5.74, 6) is 0. The van der Waals surface area contributed by atoms with Crippen molar-refractivity contribution < 1.29 is 14.3 Å². The van der Waals surface area contributed by atoms with Gasteiger partial charge in [-0.2, -0.15) is 0 Å². The molecule has 1 unspecified atom stereocenters. The minimum absolute atomic E-state index is 0.192. The predicted octanol–water partition coefficient (Wildman–Crippen LogP) is 0.485. The van der Waals surface area contributed by atoms with Gasteiger partial charge in [0.25, 0.3) is 0 Å². The summed E-state index contributed by atoms with van der Waals surface area (Å²) in [5, 5.41) is 3.38. The highest BCUT2D eigenvalue weighted by molar-refractivity contribution is 5.60. The molecule has 0 aromatic rings. The molecule has 0 bridgehead atoms. The van der Waals surface area contributed by atoms with Crippen LogP contribution in [0.3, 0.4) is 0 Å². The van der Waals surface area contributed by atoms with Crippen molar-refractivity contribution in [2.75, 3.05) is 46.4 Å². The average Bonchev–Trinajstić information content (AvgIpc) is 2.42. The zero-order valence-corrected chi connectivity index (χ0v) is 11.9. The normalized spacial score (nSPS) is 27.2. The molecule has 0 aromatic carbocycles. The second-order valence-electron chi connectivity index (χ2n) is 5.21. The Kier molecular flexibility index (Phi) is 5.42. The molecule has 0 spiro atoms. The van der Waals surface area contributed by atoms with E-state index in [0.717, 1.165) is 32.7 Å². The molecule has 6 nitrogen and oxygen atoms in total. The third-order valence-electron chi connectivity index (χ3n) is 3.94. The molecule has 6 heteroatoms. The number of carbonyl (C=O) groups excluding carboxylic acids is 1. The van der Waals surface area contributed by atoms with E-state index in [9.17, 15) is 4.79 Å². The molecule has 2 rings (SSSR count). The maximum absolute atomic E-state index is 11.4. The maximum Gasteiger partial charge on any atom is 0.509 e. The predicted molar refractivity (Wildman–Crippen MR) is 72.0 cm³/mol. The fraction of sp³-hybridized carbons (Fsp3) is 0.923. The first kappa shape index (κ1) is 14.6. The van der Waals surface area contributed by atoms with Crippen LogP contribution in [0.15, 0.2) is 0 Å². The highest BCUT2D eigenvalue weighted by Crippen LogP contribution is 2.17. The number of rotatable bonds is 3. The van der Waals surface area contributed by atoms with Crippen molar-refractivity contribution in [3.05, 3.63) is 0 Å². The zero-order chi connectivity index (χ0) is 13.7. The first-order valence-corrected chi connectivity index (χ1v) is 7.19. The van der Waals surface area contributed by atoms with Crippen molar-refractivity contribution in [3.8, 4) is 0 Å². The van der Waals surface area contributed by atoms with E-state index in [-0.39, 0.29) is 6.23 Å². The van der Waals surface area contributed by atoms with Crippen LogP contribution in [0.5, 0.6) is 0 Å². The minimum Gasteiger partial charge on any atom is -0.435 e. The Balaban J connectivity index is 1.86. The van der Waals surface area contributed by atoms with E-state index in [1.54, 1.807) is 6.92 Å². The van der Waals surface area contributed by atoms with Gasteiger partial charge in [0.2, 0.25) is 0 Å². The van der Waals surface area contributed by atoms with E-state index in [1.807, 2.05) is 7.05 Å². The molecule has 110 valence electrons. The Labute approximate surface area is 115 Å². The van der Waals surface area contributed by atoms with Gasteiger partial charge in [-0.3, -0.25) is 9.80 Å². The minimum atomic E-state index is -0.563. The monoisotopic (exact) mass is 271 g/mol. The third kappa shape index (κ3) is 4.06. The Morgan fingerprint density at radius 2 is 2.05 bits per heavy atom. The first-order valence-electron chi connectivity index (χ1n) is 7.19. The van der Waals surface area contributed by atoms with Gasteiger partial charge in [0.05, 0.1) is 6.61 Å². The second-order valence-corrected chi connectivity index (χ2v) is 5.21. The van der Waals surface area contributed by atoms with Gasteiger partial charge in [0, 0.05) is 25.7 Å². The Morgan fingerprint density at radius 1 is 1.32 bits per heavy atom. The number of ether oxygens (including phenoxy) is 2. The van der Waals surface area contributed by atoms with Crippen molar-refractivity contribution >= 4 is 6.16 Å². The molecule has 2 saturated heterocycles. The van der Waals surface area contributed by atoms with Crippen molar-refractivity contribution in [2.24, 2.45) is 0 Å². The van der Waals surface area contributed by atoms with Crippen molar-refractivity contribution in [1.82, 2.24) is 15.1 Å². The fourth-order valence-corrected chi connectivity index (χ4v) is 2.76. The average molecular weight is 271 g/mol. The smallest absolute Gasteiger partial charge is 0.435 e. The lowest BCUT2D eigenvalue weighted by Gasteiger charge is -2.43. The molecule has 2 aliphatic heterocycles. The van der Waals surface area contributed by atoms with Crippen LogP contribution in [0.25, 0.3) is 0 Å². The highest BCUT2D eigenvalue weighted by Gasteiger charge is 2.31. The standard InChI is InChI=1S/C13H25N3O3/c1-3-18-13(17)19-12-10-16(9-8-15(12)2)11-4-6-14-7-5-11/h11-12,14H,3-10H2,1-2H3. The Bertz CT molecular complexity index is 295. The molecule has 1 N–H and O–H groups in total. The van der Waals surface area contributed by atoms with Gasteiger partial charge in [-0.1, -0.05) is 0 Å². The summed E-state index contributed by atoms with van der Waals surface area (Å²) in [7, 11) is 1.99. The number of nitrogens with one attached hydrogen (secondary N) is 1. The molecule has 0 radical (unpaired) electrons. The van der Waals surface area contributed by atoms with Gasteiger partial charge in [-0.05, 0) is 39.9 Å². The molecule has 0 aromatic heterocycles. The molecule has 19 heavy (non-hydrogen) atoms. The van der Waals surface area contributed by atoms with Crippen LogP contribution in [-0.4, -0.2) is 74.6 Å². The van der Waals surface area contributed by atoms with Crippen LogP contribution in [0.4, 0.5) is 4.79 Å². The largest absolute Gasteiger partial charge is 0.509 e. The molecule has 0 aliphatic carbocycles. The van der Waals surface area contributed by atoms with Crippen LogP contribution in [-0.2, 0) is 9.47 Å². The van der Waals surface area contributed by atoms with Crippen LogP contribution in [0.1, 0.15) is 19.8 Å². The van der Waals surface area contributed by atoms with E-state index in [0.29, 0.717) is 12.6 Å². The second kappa shape index (κ2) is 7.07. The van der Waals surface area contributed by atoms with Crippen LogP contribution in [0, 0.1) is 0 Å². The molecule has 0 amide bonds. The van der Waals surface area contributed by atoms with E-state index in [4.69, 9.17) is 9.47 Å². The van der Waals surface area contributed by atoms with Crippen LogP contribution >= 0.6 is 0 Å². The van der Waals surface area contributed by atoms with E-state index in [2.05, 4.69) is 15.1 Å². The van der Waals surface area contributed by atoms with E-state index < -0.39 is 6.16 Å². The number of hydrogen-bond acceptors (Lipinski definition) is 6. The number of piperidine rings is 1. The molecular weight excluding hydrogens is 246 g/mol. The summed E-state index contributed by atoms with van der Waals surface area (Å²) in [5.41, 5.74) is 0. The highest BCUT2D eigenvalue weighted by atomic mass is 16.7. The molecule has 1 atom stereocenters. The van der Waals surface area contributed by atoms with Gasteiger partial charge in [-0.15, -0.1) is 0 Å². The topological polar surface area (TPSA) is 54.0 Å². The lowest BCUT2D eigenvalue weighted by Crippen LogP contribution is -2.57. The van der Waals surface area contributed by atoms with E-state index in [1.165, 1.54) is 12.8 Å². The fourth-order valence-electron chi connectivity index (χ4n) is 2.76. The third-order valence-corrected chi connectivity index (χ3v) is 3.94. The van der Waals surface area contributed by atoms with Crippen molar-refractivity contribution in [2.45, 2.75) is 32.0 Å². The van der Waals surface area contributed by atoms with E-state index >= 15 is 0 Å². The summed E-state index contributed by atoms with van der Waals surface area (Å²) in [6.45, 7) is 7.05. The van der Waals surface area contributed by atoms with Crippen molar-refractivity contribution in [1.29, 1.82) is 0 Å². The summed E-state index contributed by atoms with van der Waals surface area (Å²) < 4.78 is 10.2. The van der Waals surface area contributed by atoms with Gasteiger partial charge in [0.15, 0.2) is 6.23 Å². The van der Waals surface area contributed by atoms with Crippen molar-refractivity contribution in [3.63, 3.8) is 0 Å². The Morgan fingerprint density at radius 3 is 2.74 bits per heavy atom. The quantitative estimate of drug-likeness (QED) is 0.754. The lowest BCUT2D eigenvalue weighted by atomic mass is 10.0. The summed E-state index contributed by atoms with van der Waals surface area (Å²) >= 11 is 0. The van der Waals surface area contributed by atoms with Gasteiger partial charge in [0.1, 0.15) is 0 Å². The van der Waals surface area contributed by atoms with Gasteiger partial charge >= 0.3 is 6.16 Å². The molecule has 0 saturated carbocycles. The molecule has 2 heterocycles. The molecular formula is C13H25N3O3. The number of nitrogens with zero attached hydrogens (tertiary/aromatic N) is 2. The zero-order valence-electron chi connectivity index (χ0n) is 11.9. The molecule has 2 aliphatic rings. The number of likely N-dealkylation sites (N-methyl/N-ethyl adjacent to an activating group) is 1. The summed E-state index contributed by atoms with van der Waals surface area (Å²) in [6.07, 6.45) is 1.60.